The van der Waals surface area contributed by atoms with Crippen LogP contribution in [0.3, 0.4) is 0 Å². The van der Waals surface area contributed by atoms with Crippen molar-refractivity contribution >= 4 is 21.9 Å². The van der Waals surface area contributed by atoms with Crippen molar-refractivity contribution in [2.45, 2.75) is 24.2 Å². The third-order valence-corrected chi connectivity index (χ3v) is 5.95. The molecule has 1 aliphatic rings. The van der Waals surface area contributed by atoms with Gasteiger partial charge in [0.15, 0.2) is 0 Å². The zero-order chi connectivity index (χ0) is 17.0. The van der Waals surface area contributed by atoms with Crippen molar-refractivity contribution in [3.63, 3.8) is 0 Å². The van der Waals surface area contributed by atoms with Crippen LogP contribution in [0.25, 0.3) is 0 Å². The van der Waals surface area contributed by atoms with Gasteiger partial charge in [-0.15, -0.1) is 0 Å². The molecule has 0 saturated carbocycles. The summed E-state index contributed by atoms with van der Waals surface area (Å²) in [5.41, 5.74) is 1.12. The van der Waals surface area contributed by atoms with Gasteiger partial charge in [0.25, 0.3) is 0 Å². The lowest BCUT2D eigenvalue weighted by Gasteiger charge is -2.25. The molecule has 5 nitrogen and oxygen atoms in total. The Morgan fingerprint density at radius 3 is 2.50 bits per heavy atom. The monoisotopic (exact) mass is 344 g/mol. The van der Waals surface area contributed by atoms with Gasteiger partial charge in [0, 0.05) is 24.9 Å². The Hall–Kier alpha value is -2.18. The van der Waals surface area contributed by atoms with Crippen LogP contribution in [0.1, 0.15) is 24.8 Å². The minimum Gasteiger partial charge on any atom is -0.507 e. The van der Waals surface area contributed by atoms with Gasteiger partial charge < -0.3 is 5.11 Å². The van der Waals surface area contributed by atoms with E-state index in [1.807, 2.05) is 0 Å². The SMILES string of the molecule is O=S(=O)(c1cccc(N=Cc2ccccc2O)c1)N1CCCCC1. The maximum atomic E-state index is 12.7. The summed E-state index contributed by atoms with van der Waals surface area (Å²) < 4.78 is 26.9. The molecule has 2 aromatic rings. The quantitative estimate of drug-likeness (QED) is 0.865. The molecule has 24 heavy (non-hydrogen) atoms. The van der Waals surface area contributed by atoms with Crippen molar-refractivity contribution in [2.24, 2.45) is 4.99 Å². The second-order valence-electron chi connectivity index (χ2n) is 5.78. The highest BCUT2D eigenvalue weighted by molar-refractivity contribution is 7.89. The van der Waals surface area contributed by atoms with Crippen LogP contribution < -0.4 is 0 Å². The highest BCUT2D eigenvalue weighted by Gasteiger charge is 2.25. The molecule has 0 bridgehead atoms. The number of hydrogen-bond acceptors (Lipinski definition) is 4. The van der Waals surface area contributed by atoms with Crippen LogP contribution in [0.2, 0.25) is 0 Å². The van der Waals surface area contributed by atoms with Gasteiger partial charge in [0.1, 0.15) is 5.75 Å². The van der Waals surface area contributed by atoms with Crippen LogP contribution in [0.5, 0.6) is 5.75 Å². The lowest BCUT2D eigenvalue weighted by atomic mass is 10.2. The van der Waals surface area contributed by atoms with Crippen LogP contribution in [0, 0.1) is 0 Å². The zero-order valence-corrected chi connectivity index (χ0v) is 14.1. The number of rotatable bonds is 4. The molecule has 3 rings (SSSR count). The number of sulfonamides is 1. The Kier molecular flexibility index (Phi) is 4.97. The van der Waals surface area contributed by atoms with Crippen LogP contribution in [0.15, 0.2) is 58.4 Å². The van der Waals surface area contributed by atoms with E-state index in [2.05, 4.69) is 4.99 Å². The summed E-state index contributed by atoms with van der Waals surface area (Å²) in [6.07, 6.45) is 4.42. The number of benzene rings is 2. The fourth-order valence-electron chi connectivity index (χ4n) is 2.72. The lowest BCUT2D eigenvalue weighted by Crippen LogP contribution is -2.35. The summed E-state index contributed by atoms with van der Waals surface area (Å²) >= 11 is 0. The number of hydrogen-bond donors (Lipinski definition) is 1. The molecule has 0 spiro atoms. The molecule has 1 saturated heterocycles. The molecule has 0 radical (unpaired) electrons. The Bertz CT molecular complexity index is 841. The maximum Gasteiger partial charge on any atom is 0.243 e. The number of phenolic OH excluding ortho intramolecular Hbond substituents is 1. The summed E-state index contributed by atoms with van der Waals surface area (Å²) in [7, 11) is -3.47. The summed E-state index contributed by atoms with van der Waals surface area (Å²) in [4.78, 5) is 4.55. The van der Waals surface area contributed by atoms with Gasteiger partial charge in [-0.3, -0.25) is 4.99 Å². The Labute approximate surface area is 142 Å². The van der Waals surface area contributed by atoms with Crippen molar-refractivity contribution in [1.29, 1.82) is 0 Å². The van der Waals surface area contributed by atoms with E-state index in [-0.39, 0.29) is 10.6 Å². The second-order valence-corrected chi connectivity index (χ2v) is 7.72. The molecular formula is C18H20N2O3S. The minimum atomic E-state index is -3.47. The second kappa shape index (κ2) is 7.15. The van der Waals surface area contributed by atoms with Crippen molar-refractivity contribution in [3.8, 4) is 5.75 Å². The number of aliphatic imine (C=N–C) groups is 1. The minimum absolute atomic E-state index is 0.137. The van der Waals surface area contributed by atoms with E-state index in [0.29, 0.717) is 24.3 Å². The average Bonchev–Trinajstić information content (AvgIpc) is 2.62. The fourth-order valence-corrected chi connectivity index (χ4v) is 4.28. The molecule has 2 aromatic carbocycles. The third-order valence-electron chi connectivity index (χ3n) is 4.06. The zero-order valence-electron chi connectivity index (χ0n) is 13.3. The predicted molar refractivity (Wildman–Crippen MR) is 94.4 cm³/mol. The van der Waals surface area contributed by atoms with Gasteiger partial charge in [-0.2, -0.15) is 4.31 Å². The van der Waals surface area contributed by atoms with E-state index in [4.69, 9.17) is 0 Å². The number of nitrogens with zero attached hydrogens (tertiary/aromatic N) is 2. The van der Waals surface area contributed by atoms with Gasteiger partial charge in [-0.05, 0) is 43.2 Å². The number of piperidine rings is 1. The van der Waals surface area contributed by atoms with E-state index in [1.165, 1.54) is 6.21 Å². The molecule has 1 aliphatic heterocycles. The van der Waals surface area contributed by atoms with Crippen molar-refractivity contribution in [3.05, 3.63) is 54.1 Å². The van der Waals surface area contributed by atoms with Gasteiger partial charge in [-0.25, -0.2) is 8.42 Å². The largest absolute Gasteiger partial charge is 0.507 e. The molecule has 1 fully saturated rings. The highest BCUT2D eigenvalue weighted by Crippen LogP contribution is 2.24. The molecule has 1 heterocycles. The molecule has 0 aromatic heterocycles. The Balaban J connectivity index is 1.85. The third kappa shape index (κ3) is 3.66. The fraction of sp³-hybridized carbons (Fsp3) is 0.278. The van der Waals surface area contributed by atoms with E-state index in [1.54, 1.807) is 52.8 Å². The van der Waals surface area contributed by atoms with E-state index >= 15 is 0 Å². The Morgan fingerprint density at radius 2 is 1.75 bits per heavy atom. The first-order chi connectivity index (χ1) is 11.6. The molecule has 0 atom stereocenters. The van der Waals surface area contributed by atoms with E-state index in [0.717, 1.165) is 19.3 Å². The topological polar surface area (TPSA) is 70.0 Å². The summed E-state index contributed by atoms with van der Waals surface area (Å²) in [6.45, 7) is 1.15. The van der Waals surface area contributed by atoms with Crippen LogP contribution in [-0.4, -0.2) is 37.1 Å². The molecule has 1 N–H and O–H groups in total. The molecule has 126 valence electrons. The van der Waals surface area contributed by atoms with Gasteiger partial charge in [-0.1, -0.05) is 24.6 Å². The maximum absolute atomic E-state index is 12.7. The van der Waals surface area contributed by atoms with Gasteiger partial charge in [0.05, 0.1) is 10.6 Å². The molecule has 0 unspecified atom stereocenters. The number of phenols is 1. The molecule has 0 aliphatic carbocycles. The normalized spacial score (nSPS) is 16.5. The molecule has 0 amide bonds. The average molecular weight is 344 g/mol. The smallest absolute Gasteiger partial charge is 0.243 e. The summed E-state index contributed by atoms with van der Waals surface area (Å²) in [5, 5.41) is 9.75. The van der Waals surface area contributed by atoms with Gasteiger partial charge >= 0.3 is 0 Å². The van der Waals surface area contributed by atoms with Crippen molar-refractivity contribution in [2.75, 3.05) is 13.1 Å². The van der Waals surface area contributed by atoms with Crippen LogP contribution in [-0.2, 0) is 10.0 Å². The van der Waals surface area contributed by atoms with E-state index < -0.39 is 10.0 Å². The summed E-state index contributed by atoms with van der Waals surface area (Å²) in [6, 6.07) is 13.5. The highest BCUT2D eigenvalue weighted by atomic mass is 32.2. The van der Waals surface area contributed by atoms with Gasteiger partial charge in [0.2, 0.25) is 10.0 Å². The lowest BCUT2D eigenvalue weighted by molar-refractivity contribution is 0.346. The van der Waals surface area contributed by atoms with Crippen molar-refractivity contribution in [1.82, 2.24) is 4.31 Å². The standard InChI is InChI=1S/C18H20N2O3S/c21-18-10-3-2-7-15(18)14-19-16-8-6-9-17(13-16)24(22,23)20-11-4-1-5-12-20/h2-3,6-10,13-14,21H,1,4-5,11-12H2. The number of para-hydroxylation sites is 1. The molecular weight excluding hydrogens is 324 g/mol. The van der Waals surface area contributed by atoms with Crippen molar-refractivity contribution < 1.29 is 13.5 Å². The number of aromatic hydroxyl groups is 1. The van der Waals surface area contributed by atoms with Crippen LogP contribution in [0.4, 0.5) is 5.69 Å². The Morgan fingerprint density at radius 1 is 1.00 bits per heavy atom. The van der Waals surface area contributed by atoms with E-state index in [9.17, 15) is 13.5 Å². The predicted octanol–water partition coefficient (Wildman–Crippen LogP) is 3.32. The van der Waals surface area contributed by atoms with Crippen LogP contribution >= 0.6 is 0 Å². The first-order valence-electron chi connectivity index (χ1n) is 8.00. The summed E-state index contributed by atoms with van der Waals surface area (Å²) in [5.74, 6) is 0.137. The molecule has 6 heteroatoms. The first-order valence-corrected chi connectivity index (χ1v) is 9.44. The first kappa shape index (κ1) is 16.7.